The van der Waals surface area contributed by atoms with Crippen LogP contribution < -0.4 is 5.32 Å². The molecule has 3 aromatic carbocycles. The third-order valence-electron chi connectivity index (χ3n) is 5.57. The zero-order chi connectivity index (χ0) is 22.5. The number of H-pyrrole nitrogens is 1. The summed E-state index contributed by atoms with van der Waals surface area (Å²) in [6, 6.07) is 17.6. The highest BCUT2D eigenvalue weighted by atomic mass is 19.1. The molecule has 0 saturated heterocycles. The topological polar surface area (TPSA) is 119 Å². The van der Waals surface area contributed by atoms with Crippen molar-refractivity contribution in [3.63, 3.8) is 0 Å². The molecule has 0 radical (unpaired) electrons. The third-order valence-corrected chi connectivity index (χ3v) is 5.57. The van der Waals surface area contributed by atoms with Gasteiger partial charge in [0, 0.05) is 22.3 Å². The summed E-state index contributed by atoms with van der Waals surface area (Å²) in [5.41, 5.74) is 0.362. The number of anilines is 1. The third kappa shape index (κ3) is 2.98. The minimum atomic E-state index is -1.87. The van der Waals surface area contributed by atoms with E-state index in [1.54, 1.807) is 60.7 Å². The number of nitrogens with zero attached hydrogens (tertiary/aromatic N) is 2. The molecule has 8 nitrogen and oxygen atoms in total. The van der Waals surface area contributed by atoms with Crippen LogP contribution in [-0.4, -0.2) is 37.1 Å². The molecular formula is C23H17FN4O4. The number of carboxylic acid groups (broad SMARTS) is 1. The molecule has 9 heteroatoms. The lowest BCUT2D eigenvalue weighted by Gasteiger charge is -2.35. The number of imidazole rings is 1. The van der Waals surface area contributed by atoms with Crippen molar-refractivity contribution in [3.8, 4) is 0 Å². The number of aliphatic hydroxyl groups is 1. The largest absolute Gasteiger partial charge is 0.465 e. The van der Waals surface area contributed by atoms with Gasteiger partial charge >= 0.3 is 6.09 Å². The predicted octanol–water partition coefficient (Wildman–Crippen LogP) is 3.64. The molecule has 4 N–H and O–H groups in total. The number of amides is 2. The second-order valence-electron chi connectivity index (χ2n) is 7.45. The Hall–Kier alpha value is -4.24. The van der Waals surface area contributed by atoms with Crippen molar-refractivity contribution >= 4 is 29.0 Å². The van der Waals surface area contributed by atoms with Gasteiger partial charge in [0.2, 0.25) is 5.95 Å². The fraction of sp³-hybridized carbons (Fsp3) is 0.0870. The maximum Gasteiger partial charge on any atom is 0.411 e. The minimum Gasteiger partial charge on any atom is -0.465 e. The normalized spacial score (nSPS) is 17.6. The molecule has 0 saturated carbocycles. The Morgan fingerprint density at radius 3 is 2.66 bits per heavy atom. The lowest BCUT2D eigenvalue weighted by atomic mass is 9.93. The number of aromatic amines is 1. The van der Waals surface area contributed by atoms with E-state index >= 15 is 0 Å². The molecule has 1 aliphatic heterocycles. The van der Waals surface area contributed by atoms with Crippen molar-refractivity contribution in [3.05, 3.63) is 94.8 Å². The van der Waals surface area contributed by atoms with E-state index in [2.05, 4.69) is 15.3 Å². The van der Waals surface area contributed by atoms with Gasteiger partial charge in [-0.15, -0.1) is 0 Å². The molecule has 1 aliphatic rings. The molecule has 1 unspecified atom stereocenters. The number of benzene rings is 3. The molecular weight excluding hydrogens is 415 g/mol. The highest BCUT2D eigenvalue weighted by molar-refractivity contribution is 6.00. The molecule has 0 aliphatic carbocycles. The van der Waals surface area contributed by atoms with E-state index in [0.717, 1.165) is 0 Å². The van der Waals surface area contributed by atoms with Crippen LogP contribution in [0, 0.1) is 5.82 Å². The standard InChI is InChI=1S/C23H17FN4O4/c24-17-8-4-1-5-13(17)12-28-20(29)15-6-2-3-7-16(15)23(28,32)14-9-10-18-19(11-14)26-21(25-18)27-22(30)31/h1-11,32H,12H2,(H,30,31)(H2,25,26,27). The SMILES string of the molecule is O=C(O)Nc1nc2cc(C3(O)c4ccccc4C(=O)N3Cc3ccccc3F)ccc2[nH]1. The molecule has 4 aromatic rings. The summed E-state index contributed by atoms with van der Waals surface area (Å²) in [6.45, 7) is -0.152. The summed E-state index contributed by atoms with van der Waals surface area (Å²) in [5, 5.41) is 23.0. The van der Waals surface area contributed by atoms with Gasteiger partial charge in [-0.05, 0) is 24.3 Å². The van der Waals surface area contributed by atoms with Crippen LogP contribution in [0.1, 0.15) is 27.0 Å². The molecule has 0 bridgehead atoms. The number of carbonyl (C=O) groups is 2. The molecule has 2 heterocycles. The summed E-state index contributed by atoms with van der Waals surface area (Å²) in [6.07, 6.45) is -1.27. The van der Waals surface area contributed by atoms with Crippen LogP contribution in [0.2, 0.25) is 0 Å². The Kier molecular flexibility index (Phi) is 4.42. The van der Waals surface area contributed by atoms with Crippen molar-refractivity contribution in [2.45, 2.75) is 12.3 Å². The van der Waals surface area contributed by atoms with Gasteiger partial charge in [0.25, 0.3) is 5.91 Å². The zero-order valence-corrected chi connectivity index (χ0v) is 16.5. The van der Waals surface area contributed by atoms with Crippen LogP contribution in [0.3, 0.4) is 0 Å². The lowest BCUT2D eigenvalue weighted by molar-refractivity contribution is -0.0545. The van der Waals surface area contributed by atoms with Crippen molar-refractivity contribution in [1.29, 1.82) is 0 Å². The van der Waals surface area contributed by atoms with Crippen LogP contribution in [0.5, 0.6) is 0 Å². The number of hydrogen-bond acceptors (Lipinski definition) is 4. The zero-order valence-electron chi connectivity index (χ0n) is 16.5. The van der Waals surface area contributed by atoms with Gasteiger partial charge in [-0.25, -0.2) is 14.2 Å². The van der Waals surface area contributed by atoms with E-state index in [0.29, 0.717) is 27.7 Å². The van der Waals surface area contributed by atoms with Crippen molar-refractivity contribution in [1.82, 2.24) is 14.9 Å². The number of carbonyl (C=O) groups excluding carboxylic acids is 1. The molecule has 5 rings (SSSR count). The van der Waals surface area contributed by atoms with Crippen LogP contribution in [0.25, 0.3) is 11.0 Å². The monoisotopic (exact) mass is 432 g/mol. The average Bonchev–Trinajstić information content (AvgIpc) is 3.27. The first-order valence-corrected chi connectivity index (χ1v) is 9.75. The maximum atomic E-state index is 14.4. The molecule has 1 atom stereocenters. The van der Waals surface area contributed by atoms with Gasteiger partial charge in [-0.2, -0.15) is 0 Å². The molecule has 160 valence electrons. The predicted molar refractivity (Wildman–Crippen MR) is 113 cm³/mol. The van der Waals surface area contributed by atoms with Crippen molar-refractivity contribution in [2.24, 2.45) is 0 Å². The number of rotatable bonds is 4. The van der Waals surface area contributed by atoms with E-state index in [4.69, 9.17) is 5.11 Å². The molecule has 32 heavy (non-hydrogen) atoms. The summed E-state index contributed by atoms with van der Waals surface area (Å²) in [5.74, 6) is -0.879. The second-order valence-corrected chi connectivity index (χ2v) is 7.45. The highest BCUT2D eigenvalue weighted by Gasteiger charge is 2.50. The Morgan fingerprint density at radius 2 is 1.88 bits per heavy atom. The van der Waals surface area contributed by atoms with E-state index in [1.165, 1.54) is 11.0 Å². The van der Waals surface area contributed by atoms with Crippen molar-refractivity contribution < 1.29 is 24.2 Å². The maximum absolute atomic E-state index is 14.4. The van der Waals surface area contributed by atoms with E-state index < -0.39 is 23.5 Å². The average molecular weight is 432 g/mol. The first-order valence-electron chi connectivity index (χ1n) is 9.75. The van der Waals surface area contributed by atoms with Gasteiger partial charge in [0.1, 0.15) is 5.82 Å². The van der Waals surface area contributed by atoms with E-state index in [1.807, 2.05) is 0 Å². The van der Waals surface area contributed by atoms with Crippen LogP contribution >= 0.6 is 0 Å². The smallest absolute Gasteiger partial charge is 0.411 e. The molecule has 0 spiro atoms. The van der Waals surface area contributed by atoms with Gasteiger partial charge in [-0.3, -0.25) is 15.0 Å². The lowest BCUT2D eigenvalue weighted by Crippen LogP contribution is -2.44. The summed E-state index contributed by atoms with van der Waals surface area (Å²) in [4.78, 5) is 32.4. The van der Waals surface area contributed by atoms with E-state index in [9.17, 15) is 19.1 Å². The summed E-state index contributed by atoms with van der Waals surface area (Å²) < 4.78 is 14.4. The highest BCUT2D eigenvalue weighted by Crippen LogP contribution is 2.43. The first kappa shape index (κ1) is 19.7. The first-order chi connectivity index (χ1) is 15.4. The van der Waals surface area contributed by atoms with Gasteiger partial charge in [0.05, 0.1) is 17.6 Å². The second kappa shape index (κ2) is 7.17. The van der Waals surface area contributed by atoms with E-state index in [-0.39, 0.29) is 18.1 Å². The molecule has 2 amide bonds. The number of nitrogens with one attached hydrogen (secondary N) is 2. The van der Waals surface area contributed by atoms with Gasteiger partial charge in [0.15, 0.2) is 5.72 Å². The van der Waals surface area contributed by atoms with Gasteiger partial charge in [-0.1, -0.05) is 42.5 Å². The number of fused-ring (bicyclic) bond motifs is 2. The number of aromatic nitrogens is 2. The number of halogens is 1. The minimum absolute atomic E-state index is 0.0303. The van der Waals surface area contributed by atoms with Crippen molar-refractivity contribution in [2.75, 3.05) is 5.32 Å². The molecule has 0 fully saturated rings. The van der Waals surface area contributed by atoms with Crippen LogP contribution in [-0.2, 0) is 12.3 Å². The summed E-state index contributed by atoms with van der Waals surface area (Å²) in [7, 11) is 0. The van der Waals surface area contributed by atoms with Gasteiger partial charge < -0.3 is 15.2 Å². The van der Waals surface area contributed by atoms with Crippen LogP contribution in [0.4, 0.5) is 15.1 Å². The Balaban J connectivity index is 1.65. The Bertz CT molecular complexity index is 1390. The Morgan fingerprint density at radius 1 is 1.12 bits per heavy atom. The van der Waals surface area contributed by atoms with Crippen LogP contribution in [0.15, 0.2) is 66.7 Å². The fourth-order valence-corrected chi connectivity index (χ4v) is 4.09. The Labute approximate surface area is 180 Å². The quantitative estimate of drug-likeness (QED) is 0.393. The number of hydrogen-bond donors (Lipinski definition) is 4. The fourth-order valence-electron chi connectivity index (χ4n) is 4.09. The molecule has 1 aromatic heterocycles. The summed E-state index contributed by atoms with van der Waals surface area (Å²) >= 11 is 0.